The molecule has 0 radical (unpaired) electrons. The van der Waals surface area contributed by atoms with Crippen molar-refractivity contribution in [3.05, 3.63) is 76.4 Å². The minimum Gasteiger partial charge on any atom is -0.328 e. The molecule has 33 heavy (non-hydrogen) atoms. The molecule has 1 atom stereocenters. The minimum absolute atomic E-state index is 0.0182. The van der Waals surface area contributed by atoms with Gasteiger partial charge in [0.2, 0.25) is 0 Å². The summed E-state index contributed by atoms with van der Waals surface area (Å²) in [5.41, 5.74) is 4.01. The zero-order valence-corrected chi connectivity index (χ0v) is 19.7. The third-order valence-corrected chi connectivity index (χ3v) is 5.04. The Balaban J connectivity index is 1.93. The van der Waals surface area contributed by atoms with Crippen molar-refractivity contribution < 1.29 is 13.6 Å². The number of carbonyl (C=O) groups excluding carboxylic acids is 1. The third kappa shape index (κ3) is 5.61. The quantitative estimate of drug-likeness (QED) is 0.416. The Morgan fingerprint density at radius 3 is 2.52 bits per heavy atom. The van der Waals surface area contributed by atoms with Gasteiger partial charge in [0.05, 0.1) is 23.0 Å². The van der Waals surface area contributed by atoms with Gasteiger partial charge in [-0.1, -0.05) is 29.8 Å². The number of allylic oxidation sites excluding steroid dienone is 1. The molecule has 0 saturated heterocycles. The van der Waals surface area contributed by atoms with Crippen molar-refractivity contribution in [1.29, 1.82) is 0 Å². The summed E-state index contributed by atoms with van der Waals surface area (Å²) >= 11 is 12.0. The lowest BCUT2D eigenvalue weighted by molar-refractivity contribution is 0.179. The molecule has 2 N–H and O–H groups in total. The van der Waals surface area contributed by atoms with E-state index in [1.54, 1.807) is 20.8 Å². The molecule has 3 rings (SSSR count). The second kappa shape index (κ2) is 10.2. The summed E-state index contributed by atoms with van der Waals surface area (Å²) in [7, 11) is 0. The van der Waals surface area contributed by atoms with Crippen LogP contribution in [0.25, 0.3) is 16.8 Å². The molecule has 2 aromatic heterocycles. The maximum atomic E-state index is 15.0. The largest absolute Gasteiger partial charge is 0.336 e. The van der Waals surface area contributed by atoms with Gasteiger partial charge >= 0.3 is 6.03 Å². The highest BCUT2D eigenvalue weighted by Gasteiger charge is 2.21. The predicted molar refractivity (Wildman–Crippen MR) is 124 cm³/mol. The molecule has 0 aliphatic carbocycles. The van der Waals surface area contributed by atoms with Crippen molar-refractivity contribution in [1.82, 2.24) is 30.5 Å². The number of hydrogen-bond donors (Lipinski definition) is 2. The Labute approximate surface area is 200 Å². The number of nitrogens with one attached hydrogen (secondary N) is 2. The first-order valence-corrected chi connectivity index (χ1v) is 10.7. The number of aromatic nitrogens is 3. The van der Waals surface area contributed by atoms with E-state index in [9.17, 15) is 9.18 Å². The lowest BCUT2D eigenvalue weighted by Crippen LogP contribution is -2.48. The SMILES string of the molecule is C=C(C)NN(CC)C(=O)N[C@H](C)c1ncc(-c2cc(Cl)cc(F)c2-n2cc(Cl)cn2)cc1F. The number of pyridine rings is 1. The molecule has 174 valence electrons. The zero-order chi connectivity index (χ0) is 24.3. The molecule has 1 aromatic carbocycles. The molecule has 7 nitrogen and oxygen atoms in total. The number of rotatable bonds is 7. The second-order valence-electron chi connectivity index (χ2n) is 7.29. The molecule has 0 aliphatic rings. The molecular weight excluding hydrogens is 473 g/mol. The highest BCUT2D eigenvalue weighted by Crippen LogP contribution is 2.33. The summed E-state index contributed by atoms with van der Waals surface area (Å²) in [6.07, 6.45) is 4.16. The van der Waals surface area contributed by atoms with Crippen LogP contribution in [0, 0.1) is 11.6 Å². The van der Waals surface area contributed by atoms with Crippen molar-refractivity contribution >= 4 is 29.2 Å². The number of benzene rings is 1. The van der Waals surface area contributed by atoms with E-state index in [0.29, 0.717) is 17.3 Å². The Kier molecular flexibility index (Phi) is 7.55. The second-order valence-corrected chi connectivity index (χ2v) is 8.16. The first kappa shape index (κ1) is 24.5. The first-order valence-electron chi connectivity index (χ1n) is 9.96. The first-order chi connectivity index (χ1) is 15.6. The average molecular weight is 495 g/mol. The summed E-state index contributed by atoms with van der Waals surface area (Å²) in [5.74, 6) is -1.34. The lowest BCUT2D eigenvalue weighted by Gasteiger charge is -2.25. The maximum Gasteiger partial charge on any atom is 0.336 e. The van der Waals surface area contributed by atoms with Gasteiger partial charge in [0, 0.05) is 40.8 Å². The fourth-order valence-corrected chi connectivity index (χ4v) is 3.53. The summed E-state index contributed by atoms with van der Waals surface area (Å²) in [5, 5.41) is 8.45. The Morgan fingerprint density at radius 2 is 1.94 bits per heavy atom. The summed E-state index contributed by atoms with van der Waals surface area (Å²) < 4.78 is 31.1. The van der Waals surface area contributed by atoms with E-state index >= 15 is 4.39 Å². The minimum atomic E-state index is -0.743. The summed E-state index contributed by atoms with van der Waals surface area (Å²) in [6.45, 7) is 9.16. The summed E-state index contributed by atoms with van der Waals surface area (Å²) in [6, 6.07) is 2.61. The topological polar surface area (TPSA) is 75.1 Å². The molecule has 11 heteroatoms. The number of amides is 2. The smallest absolute Gasteiger partial charge is 0.328 e. The Bertz CT molecular complexity index is 1200. The highest BCUT2D eigenvalue weighted by atomic mass is 35.5. The van der Waals surface area contributed by atoms with Crippen LogP contribution in [0.2, 0.25) is 10.0 Å². The van der Waals surface area contributed by atoms with Crippen molar-refractivity contribution in [2.45, 2.75) is 26.8 Å². The van der Waals surface area contributed by atoms with Crippen LogP contribution in [0.3, 0.4) is 0 Å². The van der Waals surface area contributed by atoms with Crippen molar-refractivity contribution in [3.63, 3.8) is 0 Å². The van der Waals surface area contributed by atoms with E-state index < -0.39 is 23.7 Å². The van der Waals surface area contributed by atoms with Crippen LogP contribution in [0.15, 0.2) is 49.1 Å². The number of urea groups is 1. The molecule has 0 aliphatic heterocycles. The molecule has 0 spiro atoms. The standard InChI is InChI=1S/C22H22Cl2F2N6O/c1-5-31(30-12(2)3)22(33)29-13(4)20-18(25)6-14(9-27-20)17-7-15(23)8-19(26)21(17)32-11-16(24)10-28-32/h6-11,13,30H,2,5H2,1,3-4H3,(H,29,33)/t13-/m1/s1. The molecule has 2 amide bonds. The highest BCUT2D eigenvalue weighted by molar-refractivity contribution is 6.31. The molecular formula is C22H22Cl2F2N6O. The lowest BCUT2D eigenvalue weighted by atomic mass is 10.0. The average Bonchev–Trinajstić information content (AvgIpc) is 3.16. The van der Waals surface area contributed by atoms with Gasteiger partial charge in [-0.25, -0.2) is 23.3 Å². The van der Waals surface area contributed by atoms with Gasteiger partial charge < -0.3 is 5.32 Å². The number of halogens is 4. The number of hydrogen-bond acceptors (Lipinski definition) is 4. The normalized spacial score (nSPS) is 11.7. The van der Waals surface area contributed by atoms with Crippen LogP contribution < -0.4 is 10.7 Å². The molecule has 0 unspecified atom stereocenters. The van der Waals surface area contributed by atoms with E-state index in [1.807, 2.05) is 0 Å². The van der Waals surface area contributed by atoms with Crippen LogP contribution in [-0.4, -0.2) is 32.3 Å². The van der Waals surface area contributed by atoms with Crippen molar-refractivity contribution in [2.24, 2.45) is 0 Å². The predicted octanol–water partition coefficient (Wildman–Crippen LogP) is 5.65. The van der Waals surface area contributed by atoms with E-state index in [4.69, 9.17) is 23.2 Å². The van der Waals surface area contributed by atoms with E-state index in [1.165, 1.54) is 40.4 Å². The monoisotopic (exact) mass is 494 g/mol. The van der Waals surface area contributed by atoms with E-state index in [2.05, 4.69) is 27.4 Å². The van der Waals surface area contributed by atoms with Gasteiger partial charge in [0.1, 0.15) is 11.5 Å². The van der Waals surface area contributed by atoms with Gasteiger partial charge in [-0.05, 0) is 39.0 Å². The molecule has 0 bridgehead atoms. The van der Waals surface area contributed by atoms with Crippen molar-refractivity contribution in [2.75, 3.05) is 6.54 Å². The number of nitrogens with zero attached hydrogens (tertiary/aromatic N) is 4. The van der Waals surface area contributed by atoms with Crippen LogP contribution in [0.5, 0.6) is 0 Å². The van der Waals surface area contributed by atoms with E-state index in [0.717, 1.165) is 6.07 Å². The zero-order valence-electron chi connectivity index (χ0n) is 18.2. The Hall–Kier alpha value is -3.17. The molecule has 3 aromatic rings. The van der Waals surface area contributed by atoms with Crippen LogP contribution >= 0.6 is 23.2 Å². The third-order valence-electron chi connectivity index (χ3n) is 4.63. The number of carbonyl (C=O) groups is 1. The fraction of sp³-hybridized carbons (Fsp3) is 0.227. The van der Waals surface area contributed by atoms with Gasteiger partial charge in [0.25, 0.3) is 0 Å². The fourth-order valence-electron chi connectivity index (χ4n) is 3.19. The summed E-state index contributed by atoms with van der Waals surface area (Å²) in [4.78, 5) is 16.6. The number of hydrazine groups is 1. The van der Waals surface area contributed by atoms with Crippen LogP contribution in [0.1, 0.15) is 32.5 Å². The van der Waals surface area contributed by atoms with Gasteiger partial charge in [0.15, 0.2) is 5.82 Å². The van der Waals surface area contributed by atoms with Gasteiger partial charge in [-0.2, -0.15) is 5.10 Å². The molecule has 0 saturated carbocycles. The van der Waals surface area contributed by atoms with Crippen molar-refractivity contribution in [3.8, 4) is 16.8 Å². The maximum absolute atomic E-state index is 15.0. The Morgan fingerprint density at radius 1 is 1.21 bits per heavy atom. The van der Waals surface area contributed by atoms with Crippen LogP contribution in [0.4, 0.5) is 13.6 Å². The molecule has 2 heterocycles. The van der Waals surface area contributed by atoms with Gasteiger partial charge in [-0.3, -0.25) is 10.4 Å². The molecule has 0 fully saturated rings. The van der Waals surface area contributed by atoms with E-state index in [-0.39, 0.29) is 27.5 Å². The van der Waals surface area contributed by atoms with Crippen LogP contribution in [-0.2, 0) is 0 Å². The van der Waals surface area contributed by atoms with Gasteiger partial charge in [-0.15, -0.1) is 0 Å².